The van der Waals surface area contributed by atoms with Crippen molar-refractivity contribution < 1.29 is 13.7 Å². The molecule has 1 unspecified atom stereocenters. The lowest BCUT2D eigenvalue weighted by molar-refractivity contribution is 0.101. The first-order chi connectivity index (χ1) is 13.3. The van der Waals surface area contributed by atoms with E-state index in [9.17, 15) is 9.00 Å². The van der Waals surface area contributed by atoms with E-state index in [4.69, 9.17) is 14.7 Å². The van der Waals surface area contributed by atoms with Crippen LogP contribution in [0.4, 0.5) is 5.69 Å². The summed E-state index contributed by atoms with van der Waals surface area (Å²) < 4.78 is 27.3. The van der Waals surface area contributed by atoms with Gasteiger partial charge in [0.25, 0.3) is 5.91 Å². The number of nitrogens with two attached hydrogens (primary N) is 1. The highest BCUT2D eigenvalue weighted by molar-refractivity contribution is 7.90. The molecule has 0 bridgehead atoms. The molecular weight excluding hydrogens is 378 g/mol. The molecule has 2 heterocycles. The van der Waals surface area contributed by atoms with E-state index in [1.54, 1.807) is 0 Å². The zero-order valence-corrected chi connectivity index (χ0v) is 16.5. The maximum Gasteiger partial charge on any atom is 0.277 e. The molecule has 0 fully saturated rings. The smallest absolute Gasteiger partial charge is 0.277 e. The van der Waals surface area contributed by atoms with Crippen LogP contribution in [0, 0.1) is 4.78 Å². The Morgan fingerprint density at radius 1 is 1.39 bits per heavy atom. The summed E-state index contributed by atoms with van der Waals surface area (Å²) in [4.78, 5) is 13.1. The number of hydrogen-bond donors (Lipinski definition) is 3. The van der Waals surface area contributed by atoms with E-state index < -0.39 is 15.8 Å². The molecule has 8 nitrogen and oxygen atoms in total. The van der Waals surface area contributed by atoms with Crippen LogP contribution in [0.1, 0.15) is 58.4 Å². The lowest BCUT2D eigenvalue weighted by Gasteiger charge is -2.32. The Kier molecular flexibility index (Phi) is 3.82. The van der Waals surface area contributed by atoms with Gasteiger partial charge in [0.15, 0.2) is 10.6 Å². The molecule has 5 rings (SSSR count). The van der Waals surface area contributed by atoms with Gasteiger partial charge in [0.2, 0.25) is 5.88 Å². The van der Waals surface area contributed by atoms with Crippen LogP contribution >= 0.6 is 0 Å². The quantitative estimate of drug-likeness (QED) is 0.730. The Labute approximate surface area is 163 Å². The third-order valence-corrected chi connectivity index (χ3v) is 6.89. The molecule has 148 valence electrons. The number of aryl methyl sites for hydroxylation is 2. The summed E-state index contributed by atoms with van der Waals surface area (Å²) >= 11 is 0. The van der Waals surface area contributed by atoms with E-state index >= 15 is 0 Å². The summed E-state index contributed by atoms with van der Waals surface area (Å²) in [6, 6.07) is 2.28. The number of benzene rings is 1. The van der Waals surface area contributed by atoms with Gasteiger partial charge in [-0.3, -0.25) is 4.79 Å². The first kappa shape index (κ1) is 17.7. The molecule has 0 radical (unpaired) electrons. The largest absolute Gasteiger partial charge is 0.477 e. The molecule has 1 aromatic carbocycles. The average molecular weight is 401 g/mol. The summed E-state index contributed by atoms with van der Waals surface area (Å²) in [7, 11) is -3.66. The topological polar surface area (TPSA) is 123 Å². The van der Waals surface area contributed by atoms with Crippen LogP contribution < -0.4 is 15.2 Å². The van der Waals surface area contributed by atoms with Crippen LogP contribution in [0.25, 0.3) is 0 Å². The molecule has 2 aromatic rings. The SMILES string of the molecule is C[C@H]1Cc2cc3c(c(NC(=O)c4nn5c(c4S(=N)(N)=O)OCCC5)c21)CCC3. The van der Waals surface area contributed by atoms with Crippen molar-refractivity contribution in [1.29, 1.82) is 4.78 Å². The first-order valence-corrected chi connectivity index (χ1v) is 11.3. The van der Waals surface area contributed by atoms with Gasteiger partial charge in [-0.2, -0.15) is 5.10 Å². The van der Waals surface area contributed by atoms with Crippen molar-refractivity contribution in [2.24, 2.45) is 5.14 Å². The predicted molar refractivity (Wildman–Crippen MR) is 104 cm³/mol. The minimum atomic E-state index is -3.66. The van der Waals surface area contributed by atoms with Gasteiger partial charge in [-0.25, -0.2) is 18.8 Å². The van der Waals surface area contributed by atoms with Crippen molar-refractivity contribution in [1.82, 2.24) is 9.78 Å². The van der Waals surface area contributed by atoms with Gasteiger partial charge in [-0.1, -0.05) is 13.0 Å². The van der Waals surface area contributed by atoms with E-state index in [-0.39, 0.29) is 16.5 Å². The van der Waals surface area contributed by atoms with Crippen molar-refractivity contribution in [3.8, 4) is 5.88 Å². The fourth-order valence-corrected chi connectivity index (χ4v) is 5.54. The summed E-state index contributed by atoms with van der Waals surface area (Å²) in [5.74, 6) is 0.0928. The van der Waals surface area contributed by atoms with E-state index in [0.717, 1.165) is 37.8 Å². The third kappa shape index (κ3) is 2.56. The number of rotatable bonds is 3. The zero-order valence-electron chi connectivity index (χ0n) is 15.7. The normalized spacial score (nSPS) is 21.6. The number of carbonyl (C=O) groups excluding carboxylic acids is 1. The molecule has 9 heteroatoms. The number of carbonyl (C=O) groups is 1. The maximum absolute atomic E-state index is 13.2. The Bertz CT molecular complexity index is 1120. The minimum Gasteiger partial charge on any atom is -0.477 e. The lowest BCUT2D eigenvalue weighted by Crippen LogP contribution is -2.24. The van der Waals surface area contributed by atoms with E-state index in [2.05, 4.69) is 23.4 Å². The third-order valence-electron chi connectivity index (χ3n) is 5.92. The Hall–Kier alpha value is -2.39. The van der Waals surface area contributed by atoms with Crippen LogP contribution in [0.2, 0.25) is 0 Å². The number of hydrogen-bond acceptors (Lipinski definition) is 5. The number of amides is 1. The minimum absolute atomic E-state index is 0.0734. The standard InChI is InChI=1S/C19H23N5O3S/c1-10-8-12-9-11-4-2-5-13(11)15(14(10)12)22-18(25)16-17(28(20,21)26)19-24(23-16)6-3-7-27-19/h9-10H,2-8H2,1H3,(H,22,25)(H3,20,21,26)/t10-/m0/s1. The number of anilines is 1. The highest BCUT2D eigenvalue weighted by Gasteiger charge is 2.35. The van der Waals surface area contributed by atoms with Gasteiger partial charge in [0.1, 0.15) is 9.92 Å². The van der Waals surface area contributed by atoms with E-state index in [1.165, 1.54) is 26.9 Å². The van der Waals surface area contributed by atoms with Crippen molar-refractivity contribution >= 4 is 21.5 Å². The van der Waals surface area contributed by atoms with Crippen LogP contribution in [-0.4, -0.2) is 26.5 Å². The number of ether oxygens (including phenoxy) is 1. The number of fused-ring (bicyclic) bond motifs is 3. The number of nitrogens with zero attached hydrogens (tertiary/aromatic N) is 2. The number of aromatic nitrogens is 2. The van der Waals surface area contributed by atoms with Gasteiger partial charge >= 0.3 is 0 Å². The van der Waals surface area contributed by atoms with Gasteiger partial charge in [0, 0.05) is 18.7 Å². The molecule has 1 aromatic heterocycles. The fourth-order valence-electron chi connectivity index (χ4n) is 4.70. The molecule has 2 aliphatic carbocycles. The second-order valence-electron chi connectivity index (χ2n) is 7.88. The zero-order chi connectivity index (χ0) is 19.6. The second-order valence-corrected chi connectivity index (χ2v) is 9.49. The number of nitrogens with one attached hydrogen (secondary N) is 2. The predicted octanol–water partition coefficient (Wildman–Crippen LogP) is 2.35. The monoisotopic (exact) mass is 401 g/mol. The lowest BCUT2D eigenvalue weighted by atomic mass is 9.75. The van der Waals surface area contributed by atoms with Gasteiger partial charge in [0.05, 0.1) is 6.61 Å². The van der Waals surface area contributed by atoms with E-state index in [0.29, 0.717) is 19.1 Å². The highest BCUT2D eigenvalue weighted by Crippen LogP contribution is 2.46. The molecule has 4 N–H and O–H groups in total. The molecule has 1 amide bonds. The van der Waals surface area contributed by atoms with Crippen LogP contribution in [0.3, 0.4) is 0 Å². The molecule has 0 saturated heterocycles. The maximum atomic E-state index is 13.2. The highest BCUT2D eigenvalue weighted by atomic mass is 32.2. The Morgan fingerprint density at radius 2 is 2.21 bits per heavy atom. The van der Waals surface area contributed by atoms with Gasteiger partial charge < -0.3 is 10.1 Å². The van der Waals surface area contributed by atoms with Crippen molar-refractivity contribution in [3.63, 3.8) is 0 Å². The molecule has 1 aliphatic heterocycles. The summed E-state index contributed by atoms with van der Waals surface area (Å²) in [5.41, 5.74) is 5.78. The van der Waals surface area contributed by atoms with Crippen LogP contribution in [0.15, 0.2) is 11.0 Å². The van der Waals surface area contributed by atoms with Gasteiger partial charge in [-0.05, 0) is 53.9 Å². The van der Waals surface area contributed by atoms with Crippen LogP contribution in [-0.2, 0) is 35.7 Å². The Morgan fingerprint density at radius 3 is 2.96 bits per heavy atom. The van der Waals surface area contributed by atoms with E-state index in [1.807, 2.05) is 0 Å². The summed E-state index contributed by atoms with van der Waals surface area (Å²) in [5, 5.41) is 12.9. The molecular formula is C19H23N5O3S. The van der Waals surface area contributed by atoms with Gasteiger partial charge in [-0.15, -0.1) is 0 Å². The summed E-state index contributed by atoms with van der Waals surface area (Å²) in [6.07, 6.45) is 4.80. The van der Waals surface area contributed by atoms with Crippen molar-refractivity contribution in [3.05, 3.63) is 34.0 Å². The molecule has 0 saturated carbocycles. The average Bonchev–Trinajstić information content (AvgIpc) is 3.24. The van der Waals surface area contributed by atoms with Crippen molar-refractivity contribution in [2.45, 2.75) is 56.4 Å². The molecule has 0 spiro atoms. The molecule has 28 heavy (non-hydrogen) atoms. The Balaban J connectivity index is 1.59. The fraction of sp³-hybridized carbons (Fsp3) is 0.474. The first-order valence-electron chi connectivity index (χ1n) is 9.63. The van der Waals surface area contributed by atoms with Crippen molar-refractivity contribution in [2.75, 3.05) is 11.9 Å². The summed E-state index contributed by atoms with van der Waals surface area (Å²) in [6.45, 7) is 3.12. The van der Waals surface area contributed by atoms with Crippen LogP contribution in [0.5, 0.6) is 5.88 Å². The second kappa shape index (κ2) is 6.05. The molecule has 3 aliphatic rings. The molecule has 2 atom stereocenters.